The third-order valence-electron chi connectivity index (χ3n) is 3.20. The van der Waals surface area contributed by atoms with E-state index in [4.69, 9.17) is 16.7 Å². The van der Waals surface area contributed by atoms with Crippen LogP contribution in [0.5, 0.6) is 0 Å². The monoisotopic (exact) mass is 362 g/mol. The van der Waals surface area contributed by atoms with E-state index in [1.54, 1.807) is 12.3 Å². The number of nitrogens with zero attached hydrogens (tertiary/aromatic N) is 3. The molecule has 1 atom stereocenters. The summed E-state index contributed by atoms with van der Waals surface area (Å²) in [7, 11) is 0. The number of pyridine rings is 1. The van der Waals surface area contributed by atoms with Crippen LogP contribution in [0, 0.1) is 0 Å². The summed E-state index contributed by atoms with van der Waals surface area (Å²) in [6.07, 6.45) is 2.90. The molecule has 1 aliphatic heterocycles. The molecule has 3 rings (SSSR count). The molecule has 1 aromatic heterocycles. The summed E-state index contributed by atoms with van der Waals surface area (Å²) in [5, 5.41) is 20.1. The lowest BCUT2D eigenvalue weighted by molar-refractivity contribution is -0.138. The van der Waals surface area contributed by atoms with E-state index < -0.39 is 11.2 Å². The van der Waals surface area contributed by atoms with E-state index in [1.165, 1.54) is 6.21 Å². The molecule has 24 heavy (non-hydrogen) atoms. The highest BCUT2D eigenvalue weighted by atomic mass is 35.5. The van der Waals surface area contributed by atoms with Gasteiger partial charge in [0, 0.05) is 11.6 Å². The Kier molecular flexibility index (Phi) is 4.77. The molecular formula is C15H11ClN4O3S. The van der Waals surface area contributed by atoms with E-state index in [0.29, 0.717) is 5.02 Å². The first kappa shape index (κ1) is 16.4. The summed E-state index contributed by atoms with van der Waals surface area (Å²) in [6, 6.07) is 7.19. The van der Waals surface area contributed by atoms with Crippen molar-refractivity contribution in [1.29, 1.82) is 0 Å². The number of carbonyl (C=O) groups excluding carboxylic acids is 1. The van der Waals surface area contributed by atoms with Crippen LogP contribution >= 0.6 is 23.4 Å². The molecule has 1 amide bonds. The van der Waals surface area contributed by atoms with Gasteiger partial charge in [0.15, 0.2) is 5.17 Å². The quantitative estimate of drug-likeness (QED) is 0.641. The summed E-state index contributed by atoms with van der Waals surface area (Å²) in [5.41, 5.74) is 1.55. The number of halogens is 1. The minimum Gasteiger partial charge on any atom is -0.481 e. The second-order valence-electron chi connectivity index (χ2n) is 4.91. The number of benzene rings is 1. The fraction of sp³-hybridized carbons (Fsp3) is 0.133. The van der Waals surface area contributed by atoms with Gasteiger partial charge in [-0.25, -0.2) is 0 Å². The van der Waals surface area contributed by atoms with Crippen LogP contribution in [0.15, 0.2) is 40.7 Å². The van der Waals surface area contributed by atoms with Gasteiger partial charge in [-0.3, -0.25) is 14.6 Å². The van der Waals surface area contributed by atoms with Crippen LogP contribution in [0.1, 0.15) is 12.0 Å². The van der Waals surface area contributed by atoms with Gasteiger partial charge in [-0.05, 0) is 23.8 Å². The van der Waals surface area contributed by atoms with Crippen LogP contribution in [0.4, 0.5) is 0 Å². The van der Waals surface area contributed by atoms with Crippen LogP contribution < -0.4 is 5.32 Å². The second kappa shape index (κ2) is 6.98. The van der Waals surface area contributed by atoms with Crippen molar-refractivity contribution < 1.29 is 14.7 Å². The number of aromatic nitrogens is 1. The highest BCUT2D eigenvalue weighted by molar-refractivity contribution is 8.15. The Labute approximate surface area is 145 Å². The van der Waals surface area contributed by atoms with Crippen molar-refractivity contribution in [3.63, 3.8) is 0 Å². The van der Waals surface area contributed by atoms with Crippen LogP contribution in [0.25, 0.3) is 10.9 Å². The van der Waals surface area contributed by atoms with Crippen molar-refractivity contribution in [3.8, 4) is 0 Å². The lowest BCUT2D eigenvalue weighted by atomic mass is 10.1. The smallest absolute Gasteiger partial charge is 0.305 e. The molecule has 122 valence electrons. The van der Waals surface area contributed by atoms with E-state index >= 15 is 0 Å². The third kappa shape index (κ3) is 3.72. The molecule has 1 aromatic carbocycles. The molecule has 9 heteroatoms. The number of aliphatic carboxylic acids is 1. The van der Waals surface area contributed by atoms with Crippen molar-refractivity contribution in [2.75, 3.05) is 0 Å². The molecule has 1 unspecified atom stereocenters. The van der Waals surface area contributed by atoms with E-state index in [0.717, 1.165) is 28.2 Å². The lowest BCUT2D eigenvalue weighted by Crippen LogP contribution is -2.26. The fourth-order valence-corrected chi connectivity index (χ4v) is 3.23. The summed E-state index contributed by atoms with van der Waals surface area (Å²) in [5.74, 6) is -1.41. The topological polar surface area (TPSA) is 104 Å². The van der Waals surface area contributed by atoms with Gasteiger partial charge in [0.1, 0.15) is 5.25 Å². The number of rotatable bonds is 4. The van der Waals surface area contributed by atoms with Gasteiger partial charge in [-0.2, -0.15) is 5.10 Å². The third-order valence-corrected chi connectivity index (χ3v) is 4.61. The van der Waals surface area contributed by atoms with Crippen LogP contribution in [-0.4, -0.2) is 38.6 Å². The molecule has 1 aliphatic rings. The number of hydrogen-bond acceptors (Lipinski definition) is 6. The van der Waals surface area contributed by atoms with Crippen molar-refractivity contribution in [2.45, 2.75) is 11.7 Å². The number of amides is 1. The zero-order valence-corrected chi connectivity index (χ0v) is 13.7. The Bertz CT molecular complexity index is 884. The normalized spacial score (nSPS) is 19.3. The van der Waals surface area contributed by atoms with Crippen molar-refractivity contribution in [1.82, 2.24) is 10.3 Å². The number of hydrogen-bond donors (Lipinski definition) is 2. The van der Waals surface area contributed by atoms with Gasteiger partial charge in [-0.15, -0.1) is 5.10 Å². The molecule has 0 aliphatic carbocycles. The minimum absolute atomic E-state index is 0.255. The standard InChI is InChI=1S/C15H11ClN4O3S/c16-10-3-4-17-11-2-1-8(5-9(10)11)7-18-20-15-19-14(23)12(24-15)6-13(21)22/h1-5,7,12H,6H2,(H,21,22)(H,19,20,23). The first-order chi connectivity index (χ1) is 11.5. The van der Waals surface area contributed by atoms with E-state index in [2.05, 4.69) is 20.5 Å². The Hall–Kier alpha value is -2.45. The number of carbonyl (C=O) groups is 2. The summed E-state index contributed by atoms with van der Waals surface area (Å²) in [6.45, 7) is 0. The van der Waals surface area contributed by atoms with Crippen molar-refractivity contribution in [2.24, 2.45) is 10.2 Å². The summed E-state index contributed by atoms with van der Waals surface area (Å²) >= 11 is 7.18. The first-order valence-corrected chi connectivity index (χ1v) is 8.13. The summed E-state index contributed by atoms with van der Waals surface area (Å²) in [4.78, 5) is 26.5. The SMILES string of the molecule is O=C(O)CC1SC(=NN=Cc2ccc3nccc(Cl)c3c2)NC1=O. The van der Waals surface area contributed by atoms with Gasteiger partial charge in [0.05, 0.1) is 23.2 Å². The lowest BCUT2D eigenvalue weighted by Gasteiger charge is -2.00. The predicted molar refractivity (Wildman–Crippen MR) is 93.6 cm³/mol. The van der Waals surface area contributed by atoms with Gasteiger partial charge >= 0.3 is 5.97 Å². The minimum atomic E-state index is -1.03. The van der Waals surface area contributed by atoms with Crippen molar-refractivity contribution in [3.05, 3.63) is 41.0 Å². The Morgan fingerprint density at radius 2 is 2.29 bits per heavy atom. The maximum absolute atomic E-state index is 11.6. The van der Waals surface area contributed by atoms with E-state index in [9.17, 15) is 9.59 Å². The van der Waals surface area contributed by atoms with E-state index in [1.807, 2.05) is 18.2 Å². The Morgan fingerprint density at radius 1 is 1.46 bits per heavy atom. The first-order valence-electron chi connectivity index (χ1n) is 6.87. The Morgan fingerprint density at radius 3 is 3.08 bits per heavy atom. The molecule has 2 N–H and O–H groups in total. The van der Waals surface area contributed by atoms with Crippen LogP contribution in [0.2, 0.25) is 5.02 Å². The van der Waals surface area contributed by atoms with E-state index in [-0.39, 0.29) is 17.5 Å². The molecule has 2 heterocycles. The molecule has 0 saturated carbocycles. The van der Waals surface area contributed by atoms with Crippen LogP contribution in [-0.2, 0) is 9.59 Å². The highest BCUT2D eigenvalue weighted by Gasteiger charge is 2.32. The average Bonchev–Trinajstić information content (AvgIpc) is 2.87. The average molecular weight is 363 g/mol. The summed E-state index contributed by atoms with van der Waals surface area (Å²) < 4.78 is 0. The Balaban J connectivity index is 1.73. The van der Waals surface area contributed by atoms with Crippen molar-refractivity contribution >= 4 is 57.5 Å². The molecule has 1 saturated heterocycles. The maximum Gasteiger partial charge on any atom is 0.305 e. The zero-order valence-electron chi connectivity index (χ0n) is 12.1. The number of thioether (sulfide) groups is 1. The number of carboxylic acid groups (broad SMARTS) is 1. The van der Waals surface area contributed by atoms with Crippen LogP contribution in [0.3, 0.4) is 0 Å². The molecule has 0 bridgehead atoms. The second-order valence-corrected chi connectivity index (χ2v) is 6.51. The largest absolute Gasteiger partial charge is 0.481 e. The molecule has 1 fully saturated rings. The molecule has 2 aromatic rings. The molecule has 0 spiro atoms. The fourth-order valence-electron chi connectivity index (χ4n) is 2.10. The molecule has 7 nitrogen and oxygen atoms in total. The van der Waals surface area contributed by atoms with Gasteiger partial charge in [0.2, 0.25) is 5.91 Å². The molecular weight excluding hydrogens is 352 g/mol. The number of nitrogens with one attached hydrogen (secondary N) is 1. The maximum atomic E-state index is 11.6. The van der Waals surface area contributed by atoms with Gasteiger partial charge in [-0.1, -0.05) is 29.4 Å². The van der Waals surface area contributed by atoms with Gasteiger partial charge < -0.3 is 10.4 Å². The number of carboxylic acids is 1. The number of fused-ring (bicyclic) bond motifs is 1. The van der Waals surface area contributed by atoms with Gasteiger partial charge in [0.25, 0.3) is 0 Å². The predicted octanol–water partition coefficient (Wildman–Crippen LogP) is 2.28. The number of amidine groups is 1. The molecule has 0 radical (unpaired) electrons. The zero-order chi connectivity index (χ0) is 17.1. The highest BCUT2D eigenvalue weighted by Crippen LogP contribution is 2.23.